The van der Waals surface area contributed by atoms with E-state index in [0.717, 1.165) is 18.4 Å². The number of ether oxygens (including phenoxy) is 1. The number of aryl methyl sites for hydroxylation is 1. The van der Waals surface area contributed by atoms with Gasteiger partial charge in [-0.25, -0.2) is 4.98 Å². The number of alkyl halides is 3. The van der Waals surface area contributed by atoms with Gasteiger partial charge >= 0.3 is 6.36 Å². The lowest BCUT2D eigenvalue weighted by atomic mass is 9.95. The minimum Gasteiger partial charge on any atom is -0.406 e. The molecule has 3 heterocycles. The fraction of sp³-hybridized carbons (Fsp3) is 0.444. The molecule has 0 bridgehead atoms. The first-order chi connectivity index (χ1) is 17.6. The van der Waals surface area contributed by atoms with Crippen molar-refractivity contribution in [3.63, 3.8) is 0 Å². The number of benzene rings is 1. The molecule has 0 spiro atoms. The fourth-order valence-electron chi connectivity index (χ4n) is 5.29. The lowest BCUT2D eigenvalue weighted by Crippen LogP contribution is -2.58. The van der Waals surface area contributed by atoms with Crippen LogP contribution in [0.4, 0.5) is 18.9 Å². The SMILES string of the molecule is CCC(c1ccc(OC(F)(F)F)cc1)N1C[C@H](C)N(c2cc(=O)n(C)c3ccc(C#N)nc23)C[C@H]1CC. The van der Waals surface area contributed by atoms with E-state index >= 15 is 0 Å². The van der Waals surface area contributed by atoms with Gasteiger partial charge in [0.05, 0.1) is 11.2 Å². The summed E-state index contributed by atoms with van der Waals surface area (Å²) in [5.41, 5.74) is 3.05. The van der Waals surface area contributed by atoms with Crippen LogP contribution in [0.25, 0.3) is 11.0 Å². The van der Waals surface area contributed by atoms with E-state index in [1.54, 1.807) is 37.4 Å². The van der Waals surface area contributed by atoms with E-state index in [0.29, 0.717) is 29.8 Å². The van der Waals surface area contributed by atoms with Crippen LogP contribution in [-0.2, 0) is 7.05 Å². The zero-order valence-electron chi connectivity index (χ0n) is 21.3. The van der Waals surface area contributed by atoms with Crippen LogP contribution in [0.2, 0.25) is 0 Å². The van der Waals surface area contributed by atoms with Crippen molar-refractivity contribution in [3.8, 4) is 11.8 Å². The van der Waals surface area contributed by atoms with Gasteiger partial charge in [-0.3, -0.25) is 9.69 Å². The number of halogens is 3. The van der Waals surface area contributed by atoms with Crippen LogP contribution in [0, 0.1) is 11.3 Å². The predicted molar refractivity (Wildman–Crippen MR) is 135 cm³/mol. The number of piperazine rings is 1. The first-order valence-electron chi connectivity index (χ1n) is 12.3. The van der Waals surface area contributed by atoms with Crippen molar-refractivity contribution in [1.29, 1.82) is 5.26 Å². The summed E-state index contributed by atoms with van der Waals surface area (Å²) in [7, 11) is 1.69. The van der Waals surface area contributed by atoms with E-state index < -0.39 is 6.36 Å². The molecule has 196 valence electrons. The second-order valence-corrected chi connectivity index (χ2v) is 9.40. The Morgan fingerprint density at radius 1 is 1.16 bits per heavy atom. The molecule has 7 nitrogen and oxygen atoms in total. The van der Waals surface area contributed by atoms with E-state index in [-0.39, 0.29) is 35.1 Å². The van der Waals surface area contributed by atoms with Crippen molar-refractivity contribution in [3.05, 3.63) is 64.1 Å². The molecule has 3 atom stereocenters. The Morgan fingerprint density at radius 2 is 1.86 bits per heavy atom. The largest absolute Gasteiger partial charge is 0.573 e. The van der Waals surface area contributed by atoms with E-state index in [1.807, 2.05) is 0 Å². The number of hydrogen-bond acceptors (Lipinski definition) is 6. The molecule has 1 aromatic carbocycles. The Bertz CT molecular complexity index is 1360. The summed E-state index contributed by atoms with van der Waals surface area (Å²) in [6.07, 6.45) is -3.10. The Labute approximate surface area is 213 Å². The van der Waals surface area contributed by atoms with E-state index in [4.69, 9.17) is 0 Å². The van der Waals surface area contributed by atoms with Crippen molar-refractivity contribution in [2.75, 3.05) is 18.0 Å². The highest BCUT2D eigenvalue weighted by atomic mass is 19.4. The van der Waals surface area contributed by atoms with Gasteiger partial charge in [-0.05, 0) is 49.6 Å². The summed E-state index contributed by atoms with van der Waals surface area (Å²) in [5, 5.41) is 9.39. The van der Waals surface area contributed by atoms with Crippen molar-refractivity contribution in [2.45, 2.75) is 58.1 Å². The topological polar surface area (TPSA) is 74.4 Å². The van der Waals surface area contributed by atoms with Gasteiger partial charge < -0.3 is 14.2 Å². The van der Waals surface area contributed by atoms with Crippen LogP contribution in [-0.4, -0.2) is 46.0 Å². The Hall–Kier alpha value is -3.58. The molecule has 0 saturated carbocycles. The number of hydrogen-bond donors (Lipinski definition) is 0. The van der Waals surface area contributed by atoms with Crippen molar-refractivity contribution < 1.29 is 17.9 Å². The van der Waals surface area contributed by atoms with Gasteiger partial charge in [-0.15, -0.1) is 13.2 Å². The lowest BCUT2D eigenvalue weighted by molar-refractivity contribution is -0.274. The Morgan fingerprint density at radius 3 is 2.46 bits per heavy atom. The number of nitrogens with zero attached hydrogens (tertiary/aromatic N) is 5. The summed E-state index contributed by atoms with van der Waals surface area (Å²) in [6, 6.07) is 13.3. The van der Waals surface area contributed by atoms with Crippen molar-refractivity contribution in [1.82, 2.24) is 14.5 Å². The molecular weight excluding hydrogens is 483 g/mol. The van der Waals surface area contributed by atoms with Gasteiger partial charge in [-0.2, -0.15) is 5.26 Å². The number of rotatable bonds is 6. The average Bonchev–Trinajstić information content (AvgIpc) is 2.86. The standard InChI is InChI=1S/C27H30F3N5O2/c1-5-20-16-34(24-13-25(36)33(4)23-12-9-19(14-31)32-26(23)24)17(3)15-35(20)22(6-2)18-7-10-21(11-8-18)37-27(28,29)30/h7-13,17,20,22H,5-6,15-16H2,1-4H3/t17-,20+,22?/m0/s1. The molecule has 0 aliphatic carbocycles. The van der Waals surface area contributed by atoms with Gasteiger partial charge in [0.25, 0.3) is 5.56 Å². The quantitative estimate of drug-likeness (QED) is 0.454. The average molecular weight is 514 g/mol. The lowest BCUT2D eigenvalue weighted by Gasteiger charge is -2.49. The first-order valence-corrected chi connectivity index (χ1v) is 12.3. The van der Waals surface area contributed by atoms with Gasteiger partial charge in [0.1, 0.15) is 23.0 Å². The van der Waals surface area contributed by atoms with Crippen LogP contribution in [0.3, 0.4) is 0 Å². The molecule has 3 aromatic rings. The number of anilines is 1. The van der Waals surface area contributed by atoms with E-state index in [9.17, 15) is 23.2 Å². The summed E-state index contributed by atoms with van der Waals surface area (Å²) >= 11 is 0. The highest BCUT2D eigenvalue weighted by molar-refractivity contribution is 5.89. The highest BCUT2D eigenvalue weighted by Crippen LogP contribution is 2.35. The molecule has 1 unspecified atom stereocenters. The van der Waals surface area contributed by atoms with Crippen molar-refractivity contribution in [2.24, 2.45) is 7.05 Å². The van der Waals surface area contributed by atoms with E-state index in [2.05, 4.69) is 46.4 Å². The minimum absolute atomic E-state index is 0.0122. The van der Waals surface area contributed by atoms with Gasteiger partial charge in [0.15, 0.2) is 0 Å². The number of nitriles is 1. The second kappa shape index (κ2) is 10.4. The zero-order chi connectivity index (χ0) is 26.9. The van der Waals surface area contributed by atoms with Gasteiger partial charge in [0.2, 0.25) is 0 Å². The monoisotopic (exact) mass is 513 g/mol. The van der Waals surface area contributed by atoms with Gasteiger partial charge in [-0.1, -0.05) is 26.0 Å². The molecule has 4 rings (SSSR count). The van der Waals surface area contributed by atoms with Crippen LogP contribution in [0.5, 0.6) is 5.75 Å². The Balaban J connectivity index is 1.66. The molecule has 0 N–H and O–H groups in total. The Kier molecular flexibility index (Phi) is 7.46. The van der Waals surface area contributed by atoms with Crippen molar-refractivity contribution >= 4 is 16.7 Å². The van der Waals surface area contributed by atoms with E-state index in [1.165, 1.54) is 16.7 Å². The maximum Gasteiger partial charge on any atom is 0.573 e. The molecule has 37 heavy (non-hydrogen) atoms. The summed E-state index contributed by atoms with van der Waals surface area (Å²) in [5.74, 6) is -0.238. The fourth-order valence-corrected chi connectivity index (χ4v) is 5.29. The summed E-state index contributed by atoms with van der Waals surface area (Å²) in [4.78, 5) is 21.9. The number of fused-ring (bicyclic) bond motifs is 1. The van der Waals surface area contributed by atoms with Crippen LogP contribution in [0.1, 0.15) is 50.9 Å². The molecule has 1 aliphatic rings. The maximum absolute atomic E-state index is 12.8. The van der Waals surface area contributed by atoms with Crippen LogP contribution in [0.15, 0.2) is 47.3 Å². The summed E-state index contributed by atoms with van der Waals surface area (Å²) in [6.45, 7) is 7.59. The minimum atomic E-state index is -4.73. The predicted octanol–water partition coefficient (Wildman–Crippen LogP) is 5.14. The van der Waals surface area contributed by atoms with Crippen LogP contribution >= 0.6 is 0 Å². The zero-order valence-corrected chi connectivity index (χ0v) is 21.3. The second-order valence-electron chi connectivity index (χ2n) is 9.40. The normalized spacial score (nSPS) is 19.6. The molecule has 1 aliphatic heterocycles. The third-order valence-electron chi connectivity index (χ3n) is 7.13. The summed E-state index contributed by atoms with van der Waals surface area (Å²) < 4.78 is 43.3. The third-order valence-corrected chi connectivity index (χ3v) is 7.13. The number of pyridine rings is 2. The number of aromatic nitrogens is 2. The molecule has 0 amide bonds. The molecule has 2 aromatic heterocycles. The van der Waals surface area contributed by atoms with Crippen LogP contribution < -0.4 is 15.2 Å². The molecule has 1 fully saturated rings. The maximum atomic E-state index is 12.8. The first kappa shape index (κ1) is 26.5. The highest BCUT2D eigenvalue weighted by Gasteiger charge is 2.36. The third kappa shape index (κ3) is 5.42. The molecule has 1 saturated heterocycles. The molecular formula is C27H30F3N5O2. The molecule has 10 heteroatoms. The van der Waals surface area contributed by atoms with Gasteiger partial charge in [0, 0.05) is 44.3 Å². The smallest absolute Gasteiger partial charge is 0.406 e. The molecule has 0 radical (unpaired) electrons.